The molecule has 2 heterocycles. The van der Waals surface area contributed by atoms with Crippen LogP contribution in [-0.2, 0) is 9.53 Å². The average molecular weight is 240 g/mol. The van der Waals surface area contributed by atoms with Gasteiger partial charge in [0.1, 0.15) is 0 Å². The molecule has 4 nitrogen and oxygen atoms in total. The molecule has 4 heteroatoms. The number of piperidine rings is 1. The summed E-state index contributed by atoms with van der Waals surface area (Å²) in [6.45, 7) is 6.07. The lowest BCUT2D eigenvalue weighted by Crippen LogP contribution is -2.46. The largest absolute Gasteiger partial charge is 0.376 e. The maximum absolute atomic E-state index is 12.0. The van der Waals surface area contributed by atoms with Gasteiger partial charge in [-0.1, -0.05) is 6.92 Å². The maximum Gasteiger partial charge on any atom is 0.221 e. The molecule has 2 fully saturated rings. The third-order valence-electron chi connectivity index (χ3n) is 4.06. The first-order valence-corrected chi connectivity index (χ1v) is 6.81. The van der Waals surface area contributed by atoms with Crippen molar-refractivity contribution in [2.45, 2.75) is 57.7 Å². The molecule has 0 bridgehead atoms. The minimum Gasteiger partial charge on any atom is -0.376 e. The summed E-state index contributed by atoms with van der Waals surface area (Å²) in [6.07, 6.45) is 4.17. The van der Waals surface area contributed by atoms with E-state index >= 15 is 0 Å². The summed E-state index contributed by atoms with van der Waals surface area (Å²) in [5, 5.41) is 6.54. The van der Waals surface area contributed by atoms with Gasteiger partial charge in [-0.15, -0.1) is 0 Å². The number of carbonyl (C=O) groups excluding carboxylic acids is 1. The van der Waals surface area contributed by atoms with E-state index in [-0.39, 0.29) is 18.1 Å². The molecule has 2 saturated heterocycles. The fraction of sp³-hybridized carbons (Fsp3) is 0.923. The fourth-order valence-corrected chi connectivity index (χ4v) is 2.77. The van der Waals surface area contributed by atoms with Gasteiger partial charge in [0, 0.05) is 19.1 Å². The van der Waals surface area contributed by atoms with E-state index in [9.17, 15) is 4.79 Å². The van der Waals surface area contributed by atoms with Crippen LogP contribution in [0.5, 0.6) is 0 Å². The maximum atomic E-state index is 12.0. The summed E-state index contributed by atoms with van der Waals surface area (Å²) in [5.41, 5.74) is 0. The predicted molar refractivity (Wildman–Crippen MR) is 66.8 cm³/mol. The lowest BCUT2D eigenvalue weighted by molar-refractivity contribution is -0.123. The Morgan fingerprint density at radius 2 is 2.24 bits per heavy atom. The predicted octanol–water partition coefficient (Wildman–Crippen LogP) is 1.06. The topological polar surface area (TPSA) is 50.4 Å². The third kappa shape index (κ3) is 3.42. The van der Waals surface area contributed by atoms with Crippen LogP contribution in [0.2, 0.25) is 0 Å². The smallest absolute Gasteiger partial charge is 0.221 e. The van der Waals surface area contributed by atoms with E-state index in [1.165, 1.54) is 12.8 Å². The van der Waals surface area contributed by atoms with E-state index in [0.717, 1.165) is 19.6 Å². The molecule has 2 rings (SSSR count). The van der Waals surface area contributed by atoms with Crippen molar-refractivity contribution in [3.05, 3.63) is 0 Å². The molecule has 4 atom stereocenters. The van der Waals surface area contributed by atoms with Crippen LogP contribution in [0, 0.1) is 5.92 Å². The fourth-order valence-electron chi connectivity index (χ4n) is 2.77. The second-order valence-electron chi connectivity index (χ2n) is 5.42. The minimum absolute atomic E-state index is 0.163. The van der Waals surface area contributed by atoms with E-state index < -0.39 is 0 Å². The van der Waals surface area contributed by atoms with Gasteiger partial charge in [0.15, 0.2) is 0 Å². The molecule has 98 valence electrons. The molecule has 0 spiro atoms. The lowest BCUT2D eigenvalue weighted by Gasteiger charge is -2.30. The molecule has 4 unspecified atom stereocenters. The second kappa shape index (κ2) is 5.83. The quantitative estimate of drug-likeness (QED) is 0.775. The third-order valence-corrected chi connectivity index (χ3v) is 4.06. The van der Waals surface area contributed by atoms with E-state index in [1.54, 1.807) is 0 Å². The van der Waals surface area contributed by atoms with E-state index in [0.29, 0.717) is 18.4 Å². The Balaban J connectivity index is 1.76. The highest BCUT2D eigenvalue weighted by Gasteiger charge is 2.28. The van der Waals surface area contributed by atoms with Crippen molar-refractivity contribution in [1.29, 1.82) is 0 Å². The highest BCUT2D eigenvalue weighted by molar-refractivity contribution is 5.77. The molecular weight excluding hydrogens is 216 g/mol. The van der Waals surface area contributed by atoms with Crippen molar-refractivity contribution in [3.63, 3.8) is 0 Å². The van der Waals surface area contributed by atoms with Crippen LogP contribution in [0.1, 0.15) is 39.5 Å². The average Bonchev–Trinajstić information content (AvgIpc) is 2.68. The summed E-state index contributed by atoms with van der Waals surface area (Å²) in [6, 6.07) is 0.558. The van der Waals surface area contributed by atoms with Crippen molar-refractivity contribution in [3.8, 4) is 0 Å². The summed E-state index contributed by atoms with van der Waals surface area (Å²) in [5.74, 6) is 0.769. The number of amides is 1. The van der Waals surface area contributed by atoms with Gasteiger partial charge in [-0.3, -0.25) is 4.79 Å². The summed E-state index contributed by atoms with van der Waals surface area (Å²) in [4.78, 5) is 12.0. The van der Waals surface area contributed by atoms with Gasteiger partial charge in [0.25, 0.3) is 0 Å². The molecule has 0 saturated carbocycles. The second-order valence-corrected chi connectivity index (χ2v) is 5.42. The minimum atomic E-state index is 0.163. The number of rotatable bonds is 3. The van der Waals surface area contributed by atoms with Gasteiger partial charge in [-0.05, 0) is 38.6 Å². The van der Waals surface area contributed by atoms with Crippen LogP contribution < -0.4 is 10.6 Å². The van der Waals surface area contributed by atoms with Crippen LogP contribution in [-0.4, -0.2) is 37.2 Å². The number of hydrogen-bond donors (Lipinski definition) is 2. The molecular formula is C13H24N2O2. The van der Waals surface area contributed by atoms with Gasteiger partial charge in [0.05, 0.1) is 12.1 Å². The van der Waals surface area contributed by atoms with Gasteiger partial charge < -0.3 is 15.4 Å². The standard InChI is InChI=1S/C13H24N2O2/c1-9-4-3-6-14-12(9)8-13(16)15-11-5-7-17-10(11)2/h9-12,14H,3-8H2,1-2H3,(H,15,16). The Kier molecular flexibility index (Phi) is 4.40. The Morgan fingerprint density at radius 3 is 2.88 bits per heavy atom. The zero-order valence-corrected chi connectivity index (χ0v) is 10.9. The Morgan fingerprint density at radius 1 is 1.41 bits per heavy atom. The molecule has 2 N–H and O–H groups in total. The van der Waals surface area contributed by atoms with Crippen LogP contribution in [0.25, 0.3) is 0 Å². The summed E-state index contributed by atoms with van der Waals surface area (Å²) >= 11 is 0. The zero-order valence-electron chi connectivity index (χ0n) is 10.9. The molecule has 2 aliphatic heterocycles. The molecule has 1 amide bonds. The molecule has 0 aromatic rings. The number of nitrogens with one attached hydrogen (secondary N) is 2. The zero-order chi connectivity index (χ0) is 12.3. The Hall–Kier alpha value is -0.610. The van der Waals surface area contributed by atoms with Crippen molar-refractivity contribution in [2.24, 2.45) is 5.92 Å². The lowest BCUT2D eigenvalue weighted by atomic mass is 9.90. The molecule has 0 radical (unpaired) electrons. The van der Waals surface area contributed by atoms with Crippen LogP contribution in [0.4, 0.5) is 0 Å². The number of ether oxygens (including phenoxy) is 1. The number of carbonyl (C=O) groups is 1. The van der Waals surface area contributed by atoms with Gasteiger partial charge in [0.2, 0.25) is 5.91 Å². The first kappa shape index (κ1) is 12.8. The first-order chi connectivity index (χ1) is 8.16. The first-order valence-electron chi connectivity index (χ1n) is 6.81. The van der Waals surface area contributed by atoms with Gasteiger partial charge in [-0.2, -0.15) is 0 Å². The van der Waals surface area contributed by atoms with Crippen molar-refractivity contribution >= 4 is 5.91 Å². The normalized spacial score (nSPS) is 38.0. The van der Waals surface area contributed by atoms with Gasteiger partial charge >= 0.3 is 0 Å². The van der Waals surface area contributed by atoms with E-state index in [1.807, 2.05) is 6.92 Å². The Bertz CT molecular complexity index is 270. The van der Waals surface area contributed by atoms with Gasteiger partial charge in [-0.25, -0.2) is 0 Å². The summed E-state index contributed by atoms with van der Waals surface area (Å²) < 4.78 is 5.45. The molecule has 17 heavy (non-hydrogen) atoms. The van der Waals surface area contributed by atoms with Crippen LogP contribution in [0.3, 0.4) is 0 Å². The highest BCUT2D eigenvalue weighted by Crippen LogP contribution is 2.18. The number of hydrogen-bond acceptors (Lipinski definition) is 3. The van der Waals surface area contributed by atoms with E-state index in [4.69, 9.17) is 4.74 Å². The summed E-state index contributed by atoms with van der Waals surface area (Å²) in [7, 11) is 0. The van der Waals surface area contributed by atoms with E-state index in [2.05, 4.69) is 17.6 Å². The van der Waals surface area contributed by atoms with Crippen LogP contribution >= 0.6 is 0 Å². The van der Waals surface area contributed by atoms with Crippen molar-refractivity contribution in [2.75, 3.05) is 13.2 Å². The SMILES string of the molecule is CC1CCCNC1CC(=O)NC1CCOC1C. The van der Waals surface area contributed by atoms with Crippen LogP contribution in [0.15, 0.2) is 0 Å². The molecule has 0 aromatic carbocycles. The van der Waals surface area contributed by atoms with Crippen molar-refractivity contribution < 1.29 is 9.53 Å². The molecule has 0 aliphatic carbocycles. The molecule has 0 aromatic heterocycles. The monoisotopic (exact) mass is 240 g/mol. The molecule has 2 aliphatic rings. The highest BCUT2D eigenvalue weighted by atomic mass is 16.5. The van der Waals surface area contributed by atoms with Crippen molar-refractivity contribution in [1.82, 2.24) is 10.6 Å². The Labute approximate surface area is 103 Å².